The van der Waals surface area contributed by atoms with Gasteiger partial charge in [0.15, 0.2) is 0 Å². The minimum Gasteiger partial charge on any atom is -0.368 e. The van der Waals surface area contributed by atoms with Gasteiger partial charge in [-0.15, -0.1) is 0 Å². The summed E-state index contributed by atoms with van der Waals surface area (Å²) < 4.78 is 0.892. The highest BCUT2D eigenvalue weighted by Crippen LogP contribution is 2.18. The van der Waals surface area contributed by atoms with Crippen LogP contribution in [0.3, 0.4) is 0 Å². The summed E-state index contributed by atoms with van der Waals surface area (Å²) in [5.41, 5.74) is 0.640. The van der Waals surface area contributed by atoms with Crippen LogP contribution >= 0.6 is 27.7 Å². The normalized spacial score (nSPS) is 14.2. The van der Waals surface area contributed by atoms with E-state index in [1.165, 1.54) is 0 Å². The van der Waals surface area contributed by atoms with Crippen LogP contribution in [0.1, 0.15) is 10.4 Å². The highest BCUT2D eigenvalue weighted by Gasteiger charge is 2.13. The maximum Gasteiger partial charge on any atom is 0.251 e. The van der Waals surface area contributed by atoms with Crippen molar-refractivity contribution < 1.29 is 4.79 Å². The zero-order chi connectivity index (χ0) is 17.5. The smallest absolute Gasteiger partial charge is 0.251 e. The molecule has 0 aliphatic carbocycles. The Kier molecular flexibility index (Phi) is 6.52. The molecule has 1 aromatic carbocycles. The first kappa shape index (κ1) is 18.0. The SMILES string of the molecule is O=C(NCCNc1cc(N2CCSCC2)ncn1)c1cccc(Br)c1. The van der Waals surface area contributed by atoms with Crippen LogP contribution in [-0.2, 0) is 0 Å². The van der Waals surface area contributed by atoms with E-state index < -0.39 is 0 Å². The number of thioether (sulfide) groups is 1. The first-order valence-corrected chi connectivity index (χ1v) is 10.1. The summed E-state index contributed by atoms with van der Waals surface area (Å²) in [5.74, 6) is 3.91. The summed E-state index contributed by atoms with van der Waals surface area (Å²) in [5, 5.41) is 6.13. The molecule has 0 spiro atoms. The summed E-state index contributed by atoms with van der Waals surface area (Å²) in [6, 6.07) is 9.30. The molecular weight excluding hydrogens is 402 g/mol. The molecule has 6 nitrogen and oxygen atoms in total. The van der Waals surface area contributed by atoms with Crippen LogP contribution in [0.4, 0.5) is 11.6 Å². The molecule has 0 bridgehead atoms. The maximum atomic E-state index is 12.1. The van der Waals surface area contributed by atoms with Crippen molar-refractivity contribution in [3.8, 4) is 0 Å². The van der Waals surface area contributed by atoms with Crippen molar-refractivity contribution in [1.29, 1.82) is 0 Å². The average Bonchev–Trinajstić information content (AvgIpc) is 2.66. The number of benzene rings is 1. The molecule has 1 aliphatic heterocycles. The number of nitrogens with zero attached hydrogens (tertiary/aromatic N) is 3. The topological polar surface area (TPSA) is 70.2 Å². The van der Waals surface area contributed by atoms with Crippen LogP contribution in [-0.4, -0.2) is 53.6 Å². The van der Waals surface area contributed by atoms with Gasteiger partial charge in [-0.25, -0.2) is 9.97 Å². The molecule has 0 atom stereocenters. The lowest BCUT2D eigenvalue weighted by Crippen LogP contribution is -2.33. The third-order valence-corrected chi connectivity index (χ3v) is 5.23. The second kappa shape index (κ2) is 9.05. The quantitative estimate of drug-likeness (QED) is 0.698. The predicted octanol–water partition coefficient (Wildman–Crippen LogP) is 2.63. The minimum atomic E-state index is -0.0858. The van der Waals surface area contributed by atoms with Gasteiger partial charge >= 0.3 is 0 Å². The molecule has 2 heterocycles. The van der Waals surface area contributed by atoms with Gasteiger partial charge in [-0.3, -0.25) is 4.79 Å². The number of carbonyl (C=O) groups is 1. The van der Waals surface area contributed by atoms with E-state index in [9.17, 15) is 4.79 Å². The van der Waals surface area contributed by atoms with Gasteiger partial charge in [-0.05, 0) is 18.2 Å². The Hall–Kier alpha value is -1.80. The van der Waals surface area contributed by atoms with E-state index >= 15 is 0 Å². The summed E-state index contributed by atoms with van der Waals surface area (Å²) in [6.45, 7) is 3.16. The molecule has 3 rings (SSSR count). The molecular formula is C17H20BrN5OS. The number of amides is 1. The zero-order valence-corrected chi connectivity index (χ0v) is 16.1. The fourth-order valence-corrected chi connectivity index (χ4v) is 3.81. The van der Waals surface area contributed by atoms with Gasteiger partial charge in [-0.2, -0.15) is 11.8 Å². The number of anilines is 2. The fraction of sp³-hybridized carbons (Fsp3) is 0.353. The van der Waals surface area contributed by atoms with Crippen molar-refractivity contribution in [3.63, 3.8) is 0 Å². The van der Waals surface area contributed by atoms with Gasteiger partial charge in [0, 0.05) is 53.8 Å². The van der Waals surface area contributed by atoms with Crippen molar-refractivity contribution in [2.45, 2.75) is 0 Å². The molecule has 1 saturated heterocycles. The average molecular weight is 422 g/mol. The molecule has 2 aromatic rings. The van der Waals surface area contributed by atoms with E-state index in [-0.39, 0.29) is 5.91 Å². The van der Waals surface area contributed by atoms with Gasteiger partial charge < -0.3 is 15.5 Å². The molecule has 1 aromatic heterocycles. The number of nitrogens with one attached hydrogen (secondary N) is 2. The Morgan fingerprint density at radius 1 is 1.20 bits per heavy atom. The maximum absolute atomic E-state index is 12.1. The number of carbonyl (C=O) groups excluding carboxylic acids is 1. The lowest BCUT2D eigenvalue weighted by atomic mass is 10.2. The lowest BCUT2D eigenvalue weighted by molar-refractivity contribution is 0.0955. The molecule has 25 heavy (non-hydrogen) atoms. The van der Waals surface area contributed by atoms with E-state index in [0.717, 1.165) is 40.7 Å². The van der Waals surface area contributed by atoms with Crippen LogP contribution in [0.15, 0.2) is 41.1 Å². The van der Waals surface area contributed by atoms with E-state index in [2.05, 4.69) is 41.4 Å². The Balaban J connectivity index is 1.46. The molecule has 132 valence electrons. The summed E-state index contributed by atoms with van der Waals surface area (Å²) >= 11 is 5.34. The number of hydrogen-bond acceptors (Lipinski definition) is 6. The summed E-state index contributed by atoms with van der Waals surface area (Å²) in [6.07, 6.45) is 1.58. The van der Waals surface area contributed by atoms with Gasteiger partial charge in [0.25, 0.3) is 5.91 Å². The van der Waals surface area contributed by atoms with E-state index in [1.807, 2.05) is 30.0 Å². The van der Waals surface area contributed by atoms with Crippen LogP contribution in [0.5, 0.6) is 0 Å². The van der Waals surface area contributed by atoms with Crippen molar-refractivity contribution in [2.75, 3.05) is 47.9 Å². The Labute approximate surface area is 159 Å². The molecule has 1 aliphatic rings. The monoisotopic (exact) mass is 421 g/mol. The largest absolute Gasteiger partial charge is 0.368 e. The second-order valence-electron chi connectivity index (χ2n) is 5.55. The van der Waals surface area contributed by atoms with Gasteiger partial charge in [0.05, 0.1) is 0 Å². The highest BCUT2D eigenvalue weighted by atomic mass is 79.9. The molecule has 2 N–H and O–H groups in total. The number of rotatable bonds is 6. The van der Waals surface area contributed by atoms with Gasteiger partial charge in [0.2, 0.25) is 0 Å². The third kappa shape index (κ3) is 5.34. The van der Waals surface area contributed by atoms with E-state index in [1.54, 1.807) is 18.5 Å². The van der Waals surface area contributed by atoms with Crippen molar-refractivity contribution in [1.82, 2.24) is 15.3 Å². The molecule has 1 amide bonds. The molecule has 0 unspecified atom stereocenters. The van der Waals surface area contributed by atoms with Gasteiger partial charge in [-0.1, -0.05) is 22.0 Å². The lowest BCUT2D eigenvalue weighted by Gasteiger charge is -2.27. The second-order valence-corrected chi connectivity index (χ2v) is 7.69. The predicted molar refractivity (Wildman–Crippen MR) is 107 cm³/mol. The number of halogens is 1. The van der Waals surface area contributed by atoms with Crippen LogP contribution in [0.25, 0.3) is 0 Å². The Morgan fingerprint density at radius 3 is 2.84 bits per heavy atom. The standard InChI is InChI=1S/C17H20BrN5OS/c18-14-3-1-2-13(10-14)17(24)20-5-4-19-15-11-16(22-12-21-15)23-6-8-25-9-7-23/h1-3,10-12H,4-9H2,(H,20,24)(H,19,21,22). The molecule has 0 radical (unpaired) electrons. The van der Waals surface area contributed by atoms with Crippen LogP contribution < -0.4 is 15.5 Å². The van der Waals surface area contributed by atoms with Crippen LogP contribution in [0, 0.1) is 0 Å². The number of aromatic nitrogens is 2. The summed E-state index contributed by atoms with van der Waals surface area (Å²) in [7, 11) is 0. The van der Waals surface area contributed by atoms with Crippen molar-refractivity contribution in [2.24, 2.45) is 0 Å². The minimum absolute atomic E-state index is 0.0858. The van der Waals surface area contributed by atoms with E-state index in [4.69, 9.17) is 0 Å². The van der Waals surface area contributed by atoms with Gasteiger partial charge in [0.1, 0.15) is 18.0 Å². The van der Waals surface area contributed by atoms with Crippen molar-refractivity contribution in [3.05, 3.63) is 46.7 Å². The first-order valence-electron chi connectivity index (χ1n) is 8.15. The van der Waals surface area contributed by atoms with Crippen molar-refractivity contribution >= 4 is 45.2 Å². The Morgan fingerprint density at radius 2 is 2.04 bits per heavy atom. The Bertz CT molecular complexity index is 724. The summed E-state index contributed by atoms with van der Waals surface area (Å²) in [4.78, 5) is 23.0. The molecule has 8 heteroatoms. The molecule has 1 fully saturated rings. The third-order valence-electron chi connectivity index (χ3n) is 3.79. The highest BCUT2D eigenvalue weighted by molar-refractivity contribution is 9.10. The molecule has 0 saturated carbocycles. The van der Waals surface area contributed by atoms with Crippen LogP contribution in [0.2, 0.25) is 0 Å². The number of hydrogen-bond donors (Lipinski definition) is 2. The first-order chi connectivity index (χ1) is 12.2. The fourth-order valence-electron chi connectivity index (χ4n) is 2.51. The zero-order valence-electron chi connectivity index (χ0n) is 13.7. The van der Waals surface area contributed by atoms with E-state index in [0.29, 0.717) is 18.7 Å².